The fourth-order valence-electron chi connectivity index (χ4n) is 1.89. The van der Waals surface area contributed by atoms with E-state index in [1.807, 2.05) is 4.90 Å². The molecular formula is C13H26N2O. The van der Waals surface area contributed by atoms with Gasteiger partial charge in [-0.2, -0.15) is 0 Å². The molecule has 0 aliphatic carbocycles. The summed E-state index contributed by atoms with van der Waals surface area (Å²) in [5.41, 5.74) is 0.392. The highest BCUT2D eigenvalue weighted by Gasteiger charge is 2.19. The van der Waals surface area contributed by atoms with E-state index in [0.717, 1.165) is 45.4 Å². The van der Waals surface area contributed by atoms with Crippen molar-refractivity contribution in [2.24, 2.45) is 5.41 Å². The summed E-state index contributed by atoms with van der Waals surface area (Å²) in [7, 11) is 0. The molecule has 1 N–H and O–H groups in total. The van der Waals surface area contributed by atoms with Crippen molar-refractivity contribution in [2.45, 2.75) is 46.5 Å². The van der Waals surface area contributed by atoms with Gasteiger partial charge in [-0.3, -0.25) is 4.79 Å². The minimum absolute atomic E-state index is 0.342. The van der Waals surface area contributed by atoms with E-state index in [2.05, 4.69) is 26.1 Å². The molecule has 0 aromatic rings. The Balaban J connectivity index is 2.02. The number of hydrogen-bond acceptors (Lipinski definition) is 2. The van der Waals surface area contributed by atoms with Gasteiger partial charge in [0.25, 0.3) is 0 Å². The molecule has 0 unspecified atom stereocenters. The third-order valence-corrected chi connectivity index (χ3v) is 3.51. The first-order chi connectivity index (χ1) is 7.55. The van der Waals surface area contributed by atoms with Gasteiger partial charge >= 0.3 is 0 Å². The van der Waals surface area contributed by atoms with Gasteiger partial charge in [-0.1, -0.05) is 20.8 Å². The highest BCUT2D eigenvalue weighted by molar-refractivity contribution is 5.77. The zero-order valence-corrected chi connectivity index (χ0v) is 11.0. The maximum atomic E-state index is 11.3. The van der Waals surface area contributed by atoms with Crippen LogP contribution in [0.25, 0.3) is 0 Å². The van der Waals surface area contributed by atoms with Gasteiger partial charge in [-0.25, -0.2) is 0 Å². The minimum Gasteiger partial charge on any atom is -0.343 e. The Morgan fingerprint density at radius 1 is 1.44 bits per heavy atom. The van der Waals surface area contributed by atoms with Gasteiger partial charge in [-0.15, -0.1) is 0 Å². The van der Waals surface area contributed by atoms with E-state index in [0.29, 0.717) is 11.3 Å². The van der Waals surface area contributed by atoms with E-state index in [-0.39, 0.29) is 0 Å². The molecule has 0 saturated carbocycles. The molecule has 0 spiro atoms. The van der Waals surface area contributed by atoms with Crippen molar-refractivity contribution in [1.82, 2.24) is 10.2 Å². The summed E-state index contributed by atoms with van der Waals surface area (Å²) in [6.07, 6.45) is 4.08. The van der Waals surface area contributed by atoms with E-state index in [9.17, 15) is 4.79 Å². The molecule has 1 fully saturated rings. The fraction of sp³-hybridized carbons (Fsp3) is 0.923. The first-order valence-corrected chi connectivity index (χ1v) is 6.54. The third kappa shape index (κ3) is 4.52. The number of nitrogens with one attached hydrogen (secondary N) is 1. The molecule has 1 heterocycles. The van der Waals surface area contributed by atoms with Crippen molar-refractivity contribution in [3.05, 3.63) is 0 Å². The Morgan fingerprint density at radius 3 is 2.75 bits per heavy atom. The van der Waals surface area contributed by atoms with E-state index in [4.69, 9.17) is 0 Å². The highest BCUT2D eigenvalue weighted by atomic mass is 16.2. The van der Waals surface area contributed by atoms with Crippen LogP contribution >= 0.6 is 0 Å². The van der Waals surface area contributed by atoms with E-state index >= 15 is 0 Å². The number of likely N-dealkylation sites (tertiary alicyclic amines) is 1. The monoisotopic (exact) mass is 226 g/mol. The molecule has 16 heavy (non-hydrogen) atoms. The summed E-state index contributed by atoms with van der Waals surface area (Å²) < 4.78 is 0. The lowest BCUT2D eigenvalue weighted by Crippen LogP contribution is -2.32. The van der Waals surface area contributed by atoms with E-state index in [1.165, 1.54) is 6.42 Å². The second kappa shape index (κ2) is 6.24. The maximum Gasteiger partial charge on any atom is 0.222 e. The summed E-state index contributed by atoms with van der Waals surface area (Å²) in [5, 5.41) is 3.48. The van der Waals surface area contributed by atoms with Crippen LogP contribution in [0.2, 0.25) is 0 Å². The molecule has 1 saturated heterocycles. The van der Waals surface area contributed by atoms with Crippen LogP contribution < -0.4 is 5.32 Å². The van der Waals surface area contributed by atoms with Crippen LogP contribution in [0.3, 0.4) is 0 Å². The number of nitrogens with zero attached hydrogens (tertiary/aromatic N) is 1. The molecule has 0 aromatic heterocycles. The predicted molar refractivity (Wildman–Crippen MR) is 67.4 cm³/mol. The normalized spacial score (nSPS) is 17.2. The van der Waals surface area contributed by atoms with Gasteiger partial charge in [0, 0.05) is 26.1 Å². The number of amides is 1. The quantitative estimate of drug-likeness (QED) is 0.674. The Bertz CT molecular complexity index is 226. The van der Waals surface area contributed by atoms with Gasteiger partial charge < -0.3 is 10.2 Å². The zero-order valence-electron chi connectivity index (χ0n) is 11.0. The molecule has 3 nitrogen and oxygen atoms in total. The largest absolute Gasteiger partial charge is 0.343 e. The van der Waals surface area contributed by atoms with Crippen molar-refractivity contribution in [1.29, 1.82) is 0 Å². The molecule has 0 atom stereocenters. The predicted octanol–water partition coefficient (Wildman–Crippen LogP) is 2.02. The van der Waals surface area contributed by atoms with Crippen LogP contribution in [0.5, 0.6) is 0 Å². The summed E-state index contributed by atoms with van der Waals surface area (Å²) in [6, 6.07) is 0. The molecule has 1 amide bonds. The minimum atomic E-state index is 0.342. The molecule has 0 bridgehead atoms. The van der Waals surface area contributed by atoms with Crippen LogP contribution in [0.4, 0.5) is 0 Å². The van der Waals surface area contributed by atoms with Crippen LogP contribution in [0.1, 0.15) is 46.5 Å². The summed E-state index contributed by atoms with van der Waals surface area (Å²) in [4.78, 5) is 13.3. The SMILES string of the molecule is CCC(C)(C)CNCCCN1CCCC1=O. The Kier molecular flexibility index (Phi) is 5.26. The molecule has 1 aliphatic rings. The zero-order chi connectivity index (χ0) is 12.0. The van der Waals surface area contributed by atoms with Crippen molar-refractivity contribution in [3.8, 4) is 0 Å². The van der Waals surface area contributed by atoms with E-state index in [1.54, 1.807) is 0 Å². The topological polar surface area (TPSA) is 32.3 Å². The van der Waals surface area contributed by atoms with Gasteiger partial charge in [0.1, 0.15) is 0 Å². The first kappa shape index (κ1) is 13.5. The number of hydrogen-bond donors (Lipinski definition) is 1. The average molecular weight is 226 g/mol. The number of rotatable bonds is 7. The standard InChI is InChI=1S/C13H26N2O/c1-4-13(2,3)11-14-8-6-10-15-9-5-7-12(15)16/h14H,4-11H2,1-3H3. The third-order valence-electron chi connectivity index (χ3n) is 3.51. The summed E-state index contributed by atoms with van der Waals surface area (Å²) >= 11 is 0. The van der Waals surface area contributed by atoms with Gasteiger partial charge in [0.15, 0.2) is 0 Å². The smallest absolute Gasteiger partial charge is 0.222 e. The number of carbonyl (C=O) groups is 1. The highest BCUT2D eigenvalue weighted by Crippen LogP contribution is 2.17. The molecular weight excluding hydrogens is 200 g/mol. The van der Waals surface area contributed by atoms with Crippen molar-refractivity contribution < 1.29 is 4.79 Å². The van der Waals surface area contributed by atoms with Crippen LogP contribution in [0.15, 0.2) is 0 Å². The first-order valence-electron chi connectivity index (χ1n) is 6.54. The fourth-order valence-corrected chi connectivity index (χ4v) is 1.89. The van der Waals surface area contributed by atoms with Crippen LogP contribution in [0, 0.1) is 5.41 Å². The second-order valence-corrected chi connectivity index (χ2v) is 5.53. The van der Waals surface area contributed by atoms with Crippen molar-refractivity contribution in [3.63, 3.8) is 0 Å². The van der Waals surface area contributed by atoms with Crippen LogP contribution in [-0.2, 0) is 4.79 Å². The van der Waals surface area contributed by atoms with Gasteiger partial charge in [-0.05, 0) is 31.2 Å². The maximum absolute atomic E-state index is 11.3. The van der Waals surface area contributed by atoms with Gasteiger partial charge in [0.2, 0.25) is 5.91 Å². The average Bonchev–Trinajstić information content (AvgIpc) is 2.64. The van der Waals surface area contributed by atoms with E-state index < -0.39 is 0 Å². The van der Waals surface area contributed by atoms with Crippen LogP contribution in [-0.4, -0.2) is 37.0 Å². The molecule has 1 rings (SSSR count). The molecule has 0 radical (unpaired) electrons. The second-order valence-electron chi connectivity index (χ2n) is 5.53. The lowest BCUT2D eigenvalue weighted by atomic mass is 9.90. The Hall–Kier alpha value is -0.570. The Morgan fingerprint density at radius 2 is 2.19 bits per heavy atom. The van der Waals surface area contributed by atoms with Gasteiger partial charge in [0.05, 0.1) is 0 Å². The summed E-state index contributed by atoms with van der Waals surface area (Å²) in [6.45, 7) is 10.8. The Labute approximate surface area is 99.6 Å². The van der Waals surface area contributed by atoms with Crippen molar-refractivity contribution >= 4 is 5.91 Å². The van der Waals surface area contributed by atoms with Crippen molar-refractivity contribution in [2.75, 3.05) is 26.2 Å². The molecule has 94 valence electrons. The lowest BCUT2D eigenvalue weighted by Gasteiger charge is -2.23. The molecule has 3 heteroatoms. The molecule has 0 aromatic carbocycles. The molecule has 1 aliphatic heterocycles. The number of carbonyl (C=O) groups excluding carboxylic acids is 1. The summed E-state index contributed by atoms with van der Waals surface area (Å²) in [5.74, 6) is 0.342. The lowest BCUT2D eigenvalue weighted by molar-refractivity contribution is -0.127.